The highest BCUT2D eigenvalue weighted by atomic mass is 16.2. The summed E-state index contributed by atoms with van der Waals surface area (Å²) in [7, 11) is 1.66. The molecular formula is C16H22N4O2. The summed E-state index contributed by atoms with van der Waals surface area (Å²) in [4.78, 5) is 25.2. The third kappa shape index (κ3) is 4.12. The van der Waals surface area contributed by atoms with Crippen molar-refractivity contribution < 1.29 is 9.59 Å². The third-order valence-corrected chi connectivity index (χ3v) is 3.16. The quantitative estimate of drug-likeness (QED) is 0.550. The molecule has 1 aromatic carbocycles. The van der Waals surface area contributed by atoms with Crippen molar-refractivity contribution in [1.29, 1.82) is 0 Å². The van der Waals surface area contributed by atoms with Gasteiger partial charge in [-0.1, -0.05) is 6.92 Å². The van der Waals surface area contributed by atoms with Gasteiger partial charge in [0.1, 0.15) is 0 Å². The topological polar surface area (TPSA) is 101 Å². The van der Waals surface area contributed by atoms with E-state index in [-0.39, 0.29) is 11.7 Å². The largest absolute Gasteiger partial charge is 0.405 e. The molecule has 1 rings (SSSR count). The van der Waals surface area contributed by atoms with E-state index in [2.05, 4.69) is 5.32 Å². The molecule has 0 atom stereocenters. The lowest BCUT2D eigenvalue weighted by atomic mass is 10.1. The molecule has 118 valence electrons. The predicted octanol–water partition coefficient (Wildman–Crippen LogP) is 1.95. The first-order valence-corrected chi connectivity index (χ1v) is 6.93. The zero-order valence-corrected chi connectivity index (χ0v) is 13.1. The fourth-order valence-corrected chi connectivity index (χ4v) is 1.97. The second-order valence-electron chi connectivity index (χ2n) is 4.70. The van der Waals surface area contributed by atoms with Crippen LogP contribution < -0.4 is 21.7 Å². The van der Waals surface area contributed by atoms with Gasteiger partial charge in [-0.25, -0.2) is 0 Å². The Bertz CT molecular complexity index is 621. The van der Waals surface area contributed by atoms with Crippen LogP contribution in [-0.4, -0.2) is 18.7 Å². The molecule has 6 nitrogen and oxygen atoms in total. The van der Waals surface area contributed by atoms with Crippen molar-refractivity contribution in [2.75, 3.05) is 17.3 Å². The van der Waals surface area contributed by atoms with E-state index >= 15 is 0 Å². The maximum Gasteiger partial charge on any atom is 0.226 e. The molecule has 0 unspecified atom stereocenters. The van der Waals surface area contributed by atoms with Gasteiger partial charge in [-0.3, -0.25) is 9.59 Å². The number of ketones is 1. The SMILES string of the molecule is CCC(=O)N(C)c1ccc(NC(/C=C\N)=C/N)cc1C(C)=O. The van der Waals surface area contributed by atoms with Gasteiger partial charge in [0.15, 0.2) is 5.78 Å². The number of carbonyl (C=O) groups is 2. The normalized spacial score (nSPS) is 11.5. The molecule has 0 aliphatic heterocycles. The van der Waals surface area contributed by atoms with Crippen molar-refractivity contribution in [3.05, 3.63) is 47.9 Å². The second kappa shape index (κ2) is 7.87. The van der Waals surface area contributed by atoms with Gasteiger partial charge in [-0.2, -0.15) is 0 Å². The van der Waals surface area contributed by atoms with E-state index in [0.717, 1.165) is 0 Å². The van der Waals surface area contributed by atoms with E-state index in [4.69, 9.17) is 11.5 Å². The molecular weight excluding hydrogens is 280 g/mol. The summed E-state index contributed by atoms with van der Waals surface area (Å²) in [5.74, 6) is -0.182. The number of rotatable bonds is 6. The molecule has 0 aliphatic carbocycles. The molecule has 0 heterocycles. The fourth-order valence-electron chi connectivity index (χ4n) is 1.97. The summed E-state index contributed by atoms with van der Waals surface area (Å²) in [6.07, 6.45) is 4.71. The number of carbonyl (C=O) groups excluding carboxylic acids is 2. The van der Waals surface area contributed by atoms with Crippen LogP contribution in [-0.2, 0) is 4.79 Å². The Morgan fingerprint density at radius 1 is 1.32 bits per heavy atom. The Morgan fingerprint density at radius 2 is 2.00 bits per heavy atom. The van der Waals surface area contributed by atoms with Gasteiger partial charge < -0.3 is 21.7 Å². The highest BCUT2D eigenvalue weighted by Crippen LogP contribution is 2.25. The Labute approximate surface area is 130 Å². The van der Waals surface area contributed by atoms with E-state index in [0.29, 0.717) is 29.1 Å². The average Bonchev–Trinajstić information content (AvgIpc) is 2.52. The first kappa shape index (κ1) is 17.3. The number of allylic oxidation sites excluding steroid dienone is 1. The number of anilines is 2. The van der Waals surface area contributed by atoms with E-state index < -0.39 is 0 Å². The first-order valence-electron chi connectivity index (χ1n) is 6.93. The van der Waals surface area contributed by atoms with Crippen molar-refractivity contribution in [2.24, 2.45) is 11.5 Å². The maximum absolute atomic E-state index is 11.9. The number of benzene rings is 1. The van der Waals surface area contributed by atoms with Crippen LogP contribution in [0.2, 0.25) is 0 Å². The van der Waals surface area contributed by atoms with Gasteiger partial charge >= 0.3 is 0 Å². The van der Waals surface area contributed by atoms with Crippen LogP contribution in [0.1, 0.15) is 30.6 Å². The number of nitrogens with zero attached hydrogens (tertiary/aromatic N) is 1. The molecule has 22 heavy (non-hydrogen) atoms. The molecule has 0 spiro atoms. The lowest BCUT2D eigenvalue weighted by Crippen LogP contribution is -2.26. The van der Waals surface area contributed by atoms with E-state index in [1.54, 1.807) is 38.2 Å². The summed E-state index contributed by atoms with van der Waals surface area (Å²) < 4.78 is 0. The minimum Gasteiger partial charge on any atom is -0.405 e. The minimum absolute atomic E-state index is 0.0585. The number of hydrogen-bond acceptors (Lipinski definition) is 5. The molecule has 6 heteroatoms. The van der Waals surface area contributed by atoms with Crippen LogP contribution in [0.5, 0.6) is 0 Å². The lowest BCUT2D eigenvalue weighted by Gasteiger charge is -2.20. The van der Waals surface area contributed by atoms with E-state index in [9.17, 15) is 9.59 Å². The minimum atomic E-state index is -0.123. The second-order valence-corrected chi connectivity index (χ2v) is 4.70. The van der Waals surface area contributed by atoms with Crippen LogP contribution in [0.4, 0.5) is 11.4 Å². The molecule has 0 saturated carbocycles. The molecule has 1 amide bonds. The first-order chi connectivity index (χ1) is 10.4. The predicted molar refractivity (Wildman–Crippen MR) is 89.4 cm³/mol. The van der Waals surface area contributed by atoms with Crippen LogP contribution in [0.15, 0.2) is 42.4 Å². The number of hydrogen-bond donors (Lipinski definition) is 3. The molecule has 0 saturated heterocycles. The monoisotopic (exact) mass is 302 g/mol. The Balaban J connectivity index is 3.20. The van der Waals surface area contributed by atoms with Crippen LogP contribution in [0.25, 0.3) is 0 Å². The Kier molecular flexibility index (Phi) is 6.19. The van der Waals surface area contributed by atoms with Gasteiger partial charge in [0.05, 0.1) is 11.4 Å². The zero-order valence-electron chi connectivity index (χ0n) is 13.1. The van der Waals surface area contributed by atoms with Crippen molar-refractivity contribution >= 4 is 23.1 Å². The Morgan fingerprint density at radius 3 is 2.50 bits per heavy atom. The highest BCUT2D eigenvalue weighted by molar-refractivity contribution is 6.05. The number of nitrogens with one attached hydrogen (secondary N) is 1. The summed E-state index contributed by atoms with van der Waals surface area (Å²) in [5, 5.41) is 3.05. The van der Waals surface area contributed by atoms with Crippen LogP contribution in [0, 0.1) is 0 Å². The fraction of sp³-hybridized carbons (Fsp3) is 0.250. The summed E-state index contributed by atoms with van der Waals surface area (Å²) in [6.45, 7) is 3.24. The van der Waals surface area contributed by atoms with Crippen molar-refractivity contribution in [1.82, 2.24) is 0 Å². The van der Waals surface area contributed by atoms with Gasteiger partial charge in [0.2, 0.25) is 5.91 Å². The summed E-state index contributed by atoms with van der Waals surface area (Å²) >= 11 is 0. The molecule has 1 aromatic rings. The number of amides is 1. The van der Waals surface area contributed by atoms with E-state index in [1.807, 2.05) is 0 Å². The Hall–Kier alpha value is -2.76. The summed E-state index contributed by atoms with van der Waals surface area (Å²) in [5.41, 5.74) is 13.1. The molecule has 0 aliphatic rings. The molecule has 0 radical (unpaired) electrons. The van der Waals surface area contributed by atoms with Gasteiger partial charge in [-0.15, -0.1) is 0 Å². The maximum atomic E-state index is 11.9. The standard InChI is InChI=1S/C16H22N4O2/c1-4-16(22)20(3)15-6-5-12(9-14(15)11(2)21)19-13(10-18)7-8-17/h5-10,19H,4,17-18H2,1-3H3/b8-7-,13-10+. The third-order valence-electron chi connectivity index (χ3n) is 3.16. The smallest absolute Gasteiger partial charge is 0.226 e. The van der Waals surface area contributed by atoms with Gasteiger partial charge in [0, 0.05) is 30.9 Å². The van der Waals surface area contributed by atoms with Crippen molar-refractivity contribution in [3.63, 3.8) is 0 Å². The molecule has 0 aromatic heterocycles. The number of Topliss-reactive ketones (excluding diaryl/α,β-unsaturated/α-hetero) is 1. The molecule has 0 fully saturated rings. The summed E-state index contributed by atoms with van der Waals surface area (Å²) in [6, 6.07) is 5.19. The van der Waals surface area contributed by atoms with Gasteiger partial charge in [0.25, 0.3) is 0 Å². The zero-order chi connectivity index (χ0) is 16.7. The highest BCUT2D eigenvalue weighted by Gasteiger charge is 2.16. The van der Waals surface area contributed by atoms with E-state index in [1.165, 1.54) is 24.2 Å². The number of nitrogens with two attached hydrogens (primary N) is 2. The van der Waals surface area contributed by atoms with Crippen molar-refractivity contribution in [3.8, 4) is 0 Å². The van der Waals surface area contributed by atoms with Crippen molar-refractivity contribution in [2.45, 2.75) is 20.3 Å². The van der Waals surface area contributed by atoms with Gasteiger partial charge in [-0.05, 0) is 37.4 Å². The molecule has 0 bridgehead atoms. The molecule has 5 N–H and O–H groups in total. The van der Waals surface area contributed by atoms with Crippen LogP contribution in [0.3, 0.4) is 0 Å². The van der Waals surface area contributed by atoms with Crippen LogP contribution >= 0.6 is 0 Å². The average molecular weight is 302 g/mol. The lowest BCUT2D eigenvalue weighted by molar-refractivity contribution is -0.118.